The van der Waals surface area contributed by atoms with Crippen molar-refractivity contribution in [2.24, 2.45) is 0 Å². The van der Waals surface area contributed by atoms with Crippen molar-refractivity contribution >= 4 is 15.9 Å². The molecule has 3 aromatic rings. The van der Waals surface area contributed by atoms with Crippen molar-refractivity contribution in [2.75, 3.05) is 32.8 Å². The van der Waals surface area contributed by atoms with E-state index in [1.54, 1.807) is 36.1 Å². The molecular weight excluding hydrogens is 439 g/mol. The van der Waals surface area contributed by atoms with E-state index in [1.807, 2.05) is 0 Å². The van der Waals surface area contributed by atoms with Gasteiger partial charge in [-0.05, 0) is 48.5 Å². The average molecular weight is 460 g/mol. The zero-order valence-corrected chi connectivity index (χ0v) is 18.1. The van der Waals surface area contributed by atoms with E-state index in [0.29, 0.717) is 17.5 Å². The van der Waals surface area contributed by atoms with Crippen LogP contribution >= 0.6 is 0 Å². The number of piperazine rings is 1. The summed E-state index contributed by atoms with van der Waals surface area (Å²) in [5.74, 6) is 0.718. The lowest BCUT2D eigenvalue weighted by molar-refractivity contribution is -0.134. The summed E-state index contributed by atoms with van der Waals surface area (Å²) < 4.78 is 50.3. The number of carbonyl (C=O) groups excluding carboxylic acids is 1. The Morgan fingerprint density at radius 2 is 1.72 bits per heavy atom. The molecule has 0 saturated carbocycles. The molecule has 1 fully saturated rings. The fourth-order valence-electron chi connectivity index (χ4n) is 3.29. The quantitative estimate of drug-likeness (QED) is 0.555. The zero-order chi connectivity index (χ0) is 22.7. The first-order valence-corrected chi connectivity index (χ1v) is 11.3. The summed E-state index contributed by atoms with van der Waals surface area (Å²) in [5, 5.41) is 3.85. The molecule has 0 radical (unpaired) electrons. The molecule has 0 atom stereocenters. The predicted octanol–water partition coefficient (Wildman–Crippen LogP) is 2.10. The highest BCUT2D eigenvalue weighted by Crippen LogP contribution is 2.21. The van der Waals surface area contributed by atoms with Gasteiger partial charge in [-0.2, -0.15) is 9.29 Å². The second-order valence-corrected chi connectivity index (χ2v) is 9.13. The average Bonchev–Trinajstić information content (AvgIpc) is 3.24. The van der Waals surface area contributed by atoms with Crippen molar-refractivity contribution in [2.45, 2.75) is 11.8 Å². The Hall–Kier alpha value is -3.31. The van der Waals surface area contributed by atoms with Crippen LogP contribution in [-0.4, -0.2) is 66.5 Å². The van der Waals surface area contributed by atoms with E-state index in [1.165, 1.54) is 16.4 Å². The highest BCUT2D eigenvalue weighted by atomic mass is 32.2. The van der Waals surface area contributed by atoms with Crippen molar-refractivity contribution in [3.8, 4) is 17.1 Å². The molecule has 0 N–H and O–H groups in total. The van der Waals surface area contributed by atoms with Crippen LogP contribution in [0.4, 0.5) is 4.39 Å². The van der Waals surface area contributed by atoms with E-state index in [-0.39, 0.29) is 43.6 Å². The van der Waals surface area contributed by atoms with Crippen LogP contribution in [0.25, 0.3) is 11.4 Å². The number of carbonyl (C=O) groups is 1. The molecule has 1 saturated heterocycles. The number of rotatable bonds is 6. The number of aryl methyl sites for hydroxylation is 1. The van der Waals surface area contributed by atoms with Crippen molar-refractivity contribution in [3.63, 3.8) is 0 Å². The first kappa shape index (κ1) is 21.9. The molecule has 4 rings (SSSR count). The van der Waals surface area contributed by atoms with E-state index < -0.39 is 15.8 Å². The van der Waals surface area contributed by atoms with Crippen molar-refractivity contribution in [3.05, 3.63) is 60.2 Å². The van der Waals surface area contributed by atoms with Gasteiger partial charge in [-0.15, -0.1) is 0 Å². The third-order valence-electron chi connectivity index (χ3n) is 5.05. The molecule has 2 aromatic carbocycles. The second-order valence-electron chi connectivity index (χ2n) is 7.19. The van der Waals surface area contributed by atoms with Gasteiger partial charge in [0.2, 0.25) is 21.7 Å². The summed E-state index contributed by atoms with van der Waals surface area (Å²) >= 11 is 0. The van der Waals surface area contributed by atoms with Gasteiger partial charge < -0.3 is 14.2 Å². The fourth-order valence-corrected chi connectivity index (χ4v) is 4.71. The maximum absolute atomic E-state index is 13.1. The van der Waals surface area contributed by atoms with Gasteiger partial charge in [-0.1, -0.05) is 5.16 Å². The highest BCUT2D eigenvalue weighted by Gasteiger charge is 2.30. The number of sulfonamides is 1. The van der Waals surface area contributed by atoms with E-state index in [4.69, 9.17) is 9.26 Å². The maximum atomic E-state index is 13.1. The van der Waals surface area contributed by atoms with Gasteiger partial charge in [0.15, 0.2) is 6.61 Å². The molecule has 2 heterocycles. The van der Waals surface area contributed by atoms with Gasteiger partial charge >= 0.3 is 0 Å². The minimum atomic E-state index is -3.73. The minimum absolute atomic E-state index is 0.0291. The molecule has 168 valence electrons. The number of hydrogen-bond donors (Lipinski definition) is 0. The van der Waals surface area contributed by atoms with Crippen molar-refractivity contribution < 1.29 is 26.9 Å². The SMILES string of the molecule is Cc1nc(-c2ccc(OCC(=O)N3CCN(S(=O)(=O)c4ccc(F)cc4)CC3)cc2)no1. The van der Waals surface area contributed by atoms with Crippen LogP contribution < -0.4 is 4.74 Å². The Kier molecular flexibility index (Phi) is 6.19. The van der Waals surface area contributed by atoms with E-state index in [2.05, 4.69) is 10.1 Å². The minimum Gasteiger partial charge on any atom is -0.484 e. The maximum Gasteiger partial charge on any atom is 0.260 e. The molecule has 1 aliphatic rings. The number of ether oxygens (including phenoxy) is 1. The van der Waals surface area contributed by atoms with E-state index >= 15 is 0 Å². The standard InChI is InChI=1S/C21H21FN4O5S/c1-15-23-21(24-31-15)16-2-6-18(7-3-16)30-14-20(27)25-10-12-26(13-11-25)32(28,29)19-8-4-17(22)5-9-19/h2-9H,10-14H2,1H3. The fraction of sp³-hybridized carbons (Fsp3) is 0.286. The molecule has 1 aromatic heterocycles. The molecular formula is C21H21FN4O5S. The molecule has 9 nitrogen and oxygen atoms in total. The summed E-state index contributed by atoms with van der Waals surface area (Å²) in [5.41, 5.74) is 0.763. The van der Waals surface area contributed by atoms with E-state index in [0.717, 1.165) is 17.7 Å². The molecule has 0 unspecified atom stereocenters. The second kappa shape index (κ2) is 9.05. The Morgan fingerprint density at radius 3 is 2.31 bits per heavy atom. The smallest absolute Gasteiger partial charge is 0.260 e. The summed E-state index contributed by atoms with van der Waals surface area (Å²) in [6.07, 6.45) is 0. The van der Waals surface area contributed by atoms with Gasteiger partial charge in [-0.3, -0.25) is 4.79 Å². The summed E-state index contributed by atoms with van der Waals surface area (Å²) in [7, 11) is -3.73. The normalized spacial score (nSPS) is 15.0. The van der Waals surface area contributed by atoms with E-state index in [9.17, 15) is 17.6 Å². The summed E-state index contributed by atoms with van der Waals surface area (Å²) in [6, 6.07) is 11.7. The number of amides is 1. The van der Waals surface area contributed by atoms with Crippen molar-refractivity contribution in [1.29, 1.82) is 0 Å². The van der Waals surface area contributed by atoms with Crippen LogP contribution in [0.3, 0.4) is 0 Å². The molecule has 11 heteroatoms. The lowest BCUT2D eigenvalue weighted by Gasteiger charge is -2.34. The number of nitrogens with zero attached hydrogens (tertiary/aromatic N) is 4. The summed E-state index contributed by atoms with van der Waals surface area (Å²) in [4.78, 5) is 18.2. The lowest BCUT2D eigenvalue weighted by Crippen LogP contribution is -2.51. The zero-order valence-electron chi connectivity index (χ0n) is 17.3. The van der Waals surface area contributed by atoms with Gasteiger partial charge in [0.1, 0.15) is 11.6 Å². The Bertz CT molecular complexity index is 1190. The Labute approximate surface area is 184 Å². The van der Waals surface area contributed by atoms with Crippen LogP contribution in [0.15, 0.2) is 57.9 Å². The Balaban J connectivity index is 1.29. The molecule has 1 aliphatic heterocycles. The van der Waals surface area contributed by atoms with Gasteiger partial charge in [-0.25, -0.2) is 12.8 Å². The number of benzene rings is 2. The monoisotopic (exact) mass is 460 g/mol. The van der Waals surface area contributed by atoms with Crippen LogP contribution in [0.1, 0.15) is 5.89 Å². The molecule has 0 bridgehead atoms. The van der Waals surface area contributed by atoms with Crippen molar-refractivity contribution in [1.82, 2.24) is 19.3 Å². The molecule has 1 amide bonds. The van der Waals surface area contributed by atoms with Gasteiger partial charge in [0.25, 0.3) is 5.91 Å². The van der Waals surface area contributed by atoms with Crippen LogP contribution in [0, 0.1) is 12.7 Å². The third-order valence-corrected chi connectivity index (χ3v) is 6.96. The highest BCUT2D eigenvalue weighted by molar-refractivity contribution is 7.89. The van der Waals surface area contributed by atoms with Crippen LogP contribution in [-0.2, 0) is 14.8 Å². The summed E-state index contributed by atoms with van der Waals surface area (Å²) in [6.45, 7) is 2.36. The number of halogens is 1. The number of aromatic nitrogens is 2. The molecule has 0 aliphatic carbocycles. The van der Waals surface area contributed by atoms with Crippen LogP contribution in [0.2, 0.25) is 0 Å². The molecule has 32 heavy (non-hydrogen) atoms. The topological polar surface area (TPSA) is 106 Å². The predicted molar refractivity (Wildman–Crippen MR) is 112 cm³/mol. The Morgan fingerprint density at radius 1 is 1.06 bits per heavy atom. The van der Waals surface area contributed by atoms with Gasteiger partial charge in [0, 0.05) is 38.7 Å². The number of hydrogen-bond acceptors (Lipinski definition) is 7. The van der Waals surface area contributed by atoms with Crippen LogP contribution in [0.5, 0.6) is 5.75 Å². The first-order valence-electron chi connectivity index (χ1n) is 9.90. The van der Waals surface area contributed by atoms with Gasteiger partial charge in [0.05, 0.1) is 4.90 Å². The molecule has 0 spiro atoms. The largest absolute Gasteiger partial charge is 0.484 e. The third kappa shape index (κ3) is 4.78. The lowest BCUT2D eigenvalue weighted by atomic mass is 10.2. The first-order chi connectivity index (χ1) is 15.3.